The fourth-order valence-corrected chi connectivity index (χ4v) is 2.74. The number of halogens is 2. The molecule has 0 spiro atoms. The lowest BCUT2D eigenvalue weighted by molar-refractivity contribution is -0.150. The van der Waals surface area contributed by atoms with Crippen molar-refractivity contribution in [1.29, 1.82) is 0 Å². The lowest BCUT2D eigenvalue weighted by Gasteiger charge is -2.12. The molecule has 2 aromatic rings. The highest BCUT2D eigenvalue weighted by molar-refractivity contribution is 6.42. The zero-order chi connectivity index (χ0) is 20.1. The van der Waals surface area contributed by atoms with E-state index in [1.807, 2.05) is 6.07 Å². The van der Waals surface area contributed by atoms with Gasteiger partial charge in [0, 0.05) is 12.6 Å². The van der Waals surface area contributed by atoms with E-state index in [1.54, 1.807) is 30.3 Å². The van der Waals surface area contributed by atoms with E-state index in [0.717, 1.165) is 5.56 Å². The first kappa shape index (κ1) is 20.0. The Morgan fingerprint density at radius 1 is 1.14 bits per heavy atom. The summed E-state index contributed by atoms with van der Waals surface area (Å²) in [5.74, 6) is 0.260. The van der Waals surface area contributed by atoms with Gasteiger partial charge in [0.2, 0.25) is 6.79 Å². The zero-order valence-corrected chi connectivity index (χ0v) is 16.4. The van der Waals surface area contributed by atoms with Gasteiger partial charge in [-0.1, -0.05) is 35.3 Å². The maximum Gasteiger partial charge on any atom is 0.331 e. The minimum atomic E-state index is -0.944. The smallest absolute Gasteiger partial charge is 0.331 e. The third-order valence-electron chi connectivity index (χ3n) is 3.92. The molecule has 2 aromatic carbocycles. The van der Waals surface area contributed by atoms with Crippen molar-refractivity contribution in [1.82, 2.24) is 5.32 Å². The fraction of sp³-hybridized carbons (Fsp3) is 0.200. The first-order valence-corrected chi connectivity index (χ1v) is 9.18. The van der Waals surface area contributed by atoms with Crippen LogP contribution in [0.25, 0.3) is 6.08 Å². The first-order chi connectivity index (χ1) is 13.4. The summed E-state index contributed by atoms with van der Waals surface area (Å²) in [6.45, 7) is 1.96. The van der Waals surface area contributed by atoms with Gasteiger partial charge < -0.3 is 19.5 Å². The number of esters is 1. The molecule has 1 atom stereocenters. The standard InChI is InChI=1S/C20H17Cl2NO5/c1-12(28-19(24)7-4-13-2-5-15(21)16(22)8-13)20(25)23-10-14-3-6-17-18(9-14)27-11-26-17/h2-9,12H,10-11H2,1H3,(H,23,25)/b7-4+. The Balaban J connectivity index is 1.48. The summed E-state index contributed by atoms with van der Waals surface area (Å²) in [7, 11) is 0. The zero-order valence-electron chi connectivity index (χ0n) is 14.9. The molecule has 1 unspecified atom stereocenters. The molecule has 146 valence electrons. The van der Waals surface area contributed by atoms with Crippen LogP contribution in [0, 0.1) is 0 Å². The van der Waals surface area contributed by atoms with Crippen LogP contribution in [-0.2, 0) is 20.9 Å². The lowest BCUT2D eigenvalue weighted by Crippen LogP contribution is -2.35. The van der Waals surface area contributed by atoms with Crippen LogP contribution < -0.4 is 14.8 Å². The van der Waals surface area contributed by atoms with Gasteiger partial charge in [-0.25, -0.2) is 4.79 Å². The summed E-state index contributed by atoms with van der Waals surface area (Å²) in [4.78, 5) is 24.0. The average Bonchev–Trinajstić information content (AvgIpc) is 3.14. The molecule has 0 fully saturated rings. The number of ether oxygens (including phenoxy) is 3. The molecule has 28 heavy (non-hydrogen) atoms. The highest BCUT2D eigenvalue weighted by atomic mass is 35.5. The van der Waals surface area contributed by atoms with Crippen LogP contribution in [0.15, 0.2) is 42.5 Å². The molecule has 3 rings (SSSR count). The lowest BCUT2D eigenvalue weighted by atomic mass is 10.2. The average molecular weight is 422 g/mol. The van der Waals surface area contributed by atoms with Gasteiger partial charge in [-0.05, 0) is 48.4 Å². The van der Waals surface area contributed by atoms with Crippen LogP contribution in [-0.4, -0.2) is 24.8 Å². The number of carbonyl (C=O) groups excluding carboxylic acids is 2. The predicted octanol–water partition coefficient (Wildman–Crippen LogP) is 3.98. The highest BCUT2D eigenvalue weighted by Gasteiger charge is 2.17. The van der Waals surface area contributed by atoms with Crippen molar-refractivity contribution in [2.75, 3.05) is 6.79 Å². The fourth-order valence-electron chi connectivity index (χ4n) is 2.43. The Labute approximate surface area is 172 Å². The molecule has 1 aliphatic heterocycles. The Morgan fingerprint density at radius 2 is 1.93 bits per heavy atom. The number of hydrogen-bond acceptors (Lipinski definition) is 5. The first-order valence-electron chi connectivity index (χ1n) is 8.42. The van der Waals surface area contributed by atoms with E-state index in [9.17, 15) is 9.59 Å². The number of benzene rings is 2. The largest absolute Gasteiger partial charge is 0.454 e. The third-order valence-corrected chi connectivity index (χ3v) is 4.66. The Hall–Kier alpha value is -2.70. The van der Waals surface area contributed by atoms with Crippen molar-refractivity contribution in [3.63, 3.8) is 0 Å². The second-order valence-electron chi connectivity index (χ2n) is 5.99. The van der Waals surface area contributed by atoms with E-state index in [4.69, 9.17) is 37.4 Å². The van der Waals surface area contributed by atoms with Gasteiger partial charge in [-0.3, -0.25) is 4.79 Å². The minimum Gasteiger partial charge on any atom is -0.454 e. The van der Waals surface area contributed by atoms with Gasteiger partial charge >= 0.3 is 5.97 Å². The number of amides is 1. The molecule has 1 N–H and O–H groups in total. The van der Waals surface area contributed by atoms with Gasteiger partial charge in [-0.15, -0.1) is 0 Å². The van der Waals surface area contributed by atoms with Crippen LogP contribution in [0.4, 0.5) is 0 Å². The normalized spacial score (nSPS) is 13.4. The van der Waals surface area contributed by atoms with Gasteiger partial charge in [0.25, 0.3) is 5.91 Å². The van der Waals surface area contributed by atoms with E-state index >= 15 is 0 Å². The summed E-state index contributed by atoms with van der Waals surface area (Å²) in [6.07, 6.45) is 1.81. The molecule has 0 aromatic heterocycles. The van der Waals surface area contributed by atoms with Crippen molar-refractivity contribution in [2.45, 2.75) is 19.6 Å². The maximum absolute atomic E-state index is 12.1. The SMILES string of the molecule is CC(OC(=O)/C=C/c1ccc(Cl)c(Cl)c1)C(=O)NCc1ccc2c(c1)OCO2. The van der Waals surface area contributed by atoms with Gasteiger partial charge in [0.1, 0.15) is 0 Å². The predicted molar refractivity (Wildman–Crippen MR) is 105 cm³/mol. The maximum atomic E-state index is 12.1. The Morgan fingerprint density at radius 3 is 2.71 bits per heavy atom. The summed E-state index contributed by atoms with van der Waals surface area (Å²) in [5, 5.41) is 3.52. The van der Waals surface area contributed by atoms with E-state index in [-0.39, 0.29) is 13.3 Å². The van der Waals surface area contributed by atoms with Crippen LogP contribution in [0.3, 0.4) is 0 Å². The number of fused-ring (bicyclic) bond motifs is 1. The van der Waals surface area contributed by atoms with Crippen molar-refractivity contribution < 1.29 is 23.8 Å². The van der Waals surface area contributed by atoms with E-state index in [0.29, 0.717) is 27.1 Å². The van der Waals surface area contributed by atoms with Crippen LogP contribution >= 0.6 is 23.2 Å². The van der Waals surface area contributed by atoms with Gasteiger partial charge in [0.05, 0.1) is 10.0 Å². The molecule has 0 saturated carbocycles. The van der Waals surface area contributed by atoms with Crippen molar-refractivity contribution in [2.24, 2.45) is 0 Å². The van der Waals surface area contributed by atoms with Crippen molar-refractivity contribution in [3.8, 4) is 11.5 Å². The molecule has 1 heterocycles. The quantitative estimate of drug-likeness (QED) is 0.563. The van der Waals surface area contributed by atoms with Crippen molar-refractivity contribution in [3.05, 3.63) is 63.6 Å². The molecule has 0 radical (unpaired) electrons. The second-order valence-corrected chi connectivity index (χ2v) is 6.81. The van der Waals surface area contributed by atoms with E-state index in [1.165, 1.54) is 19.1 Å². The topological polar surface area (TPSA) is 73.9 Å². The molecule has 1 aliphatic rings. The minimum absolute atomic E-state index is 0.188. The van der Waals surface area contributed by atoms with E-state index < -0.39 is 18.0 Å². The molecule has 0 bridgehead atoms. The molecular formula is C20H17Cl2NO5. The number of rotatable bonds is 6. The molecule has 8 heteroatoms. The van der Waals surface area contributed by atoms with Gasteiger partial charge in [0.15, 0.2) is 17.6 Å². The van der Waals surface area contributed by atoms with Crippen LogP contribution in [0.5, 0.6) is 11.5 Å². The highest BCUT2D eigenvalue weighted by Crippen LogP contribution is 2.32. The molecular weight excluding hydrogens is 405 g/mol. The van der Waals surface area contributed by atoms with Gasteiger partial charge in [-0.2, -0.15) is 0 Å². The van der Waals surface area contributed by atoms with E-state index in [2.05, 4.69) is 5.32 Å². The number of nitrogens with one attached hydrogen (secondary N) is 1. The Bertz CT molecular complexity index is 929. The molecule has 0 saturated heterocycles. The molecule has 1 amide bonds. The summed E-state index contributed by atoms with van der Waals surface area (Å²) >= 11 is 11.8. The van der Waals surface area contributed by atoms with Crippen LogP contribution in [0.1, 0.15) is 18.1 Å². The van der Waals surface area contributed by atoms with Crippen LogP contribution in [0.2, 0.25) is 10.0 Å². The summed E-state index contributed by atoms with van der Waals surface area (Å²) < 4.78 is 15.6. The number of carbonyl (C=O) groups is 2. The summed E-state index contributed by atoms with van der Waals surface area (Å²) in [5.41, 5.74) is 1.53. The molecule has 0 aliphatic carbocycles. The summed E-state index contributed by atoms with van der Waals surface area (Å²) in [6, 6.07) is 10.3. The second kappa shape index (κ2) is 8.99. The Kier molecular flexibility index (Phi) is 6.44. The monoisotopic (exact) mass is 421 g/mol. The third kappa shape index (κ3) is 5.18. The number of hydrogen-bond donors (Lipinski definition) is 1. The van der Waals surface area contributed by atoms with Crippen molar-refractivity contribution >= 4 is 41.2 Å². The molecule has 6 nitrogen and oxygen atoms in total.